The molecule has 0 N–H and O–H groups in total. The van der Waals surface area contributed by atoms with Gasteiger partial charge in [-0.1, -0.05) is 44.9 Å². The van der Waals surface area contributed by atoms with E-state index in [2.05, 4.69) is 39.3 Å². The smallest absolute Gasteiger partial charge is 0.183 e. The third-order valence-electron chi connectivity index (χ3n) is 2.36. The molecule has 0 bridgehead atoms. The first-order valence-electron chi connectivity index (χ1n) is 6.35. The first kappa shape index (κ1) is 15.4. The summed E-state index contributed by atoms with van der Waals surface area (Å²) in [6, 6.07) is 1.49. The monoisotopic (exact) mass is 246 g/mol. The van der Waals surface area contributed by atoms with Crippen molar-refractivity contribution in [3.8, 4) is 0 Å². The number of hydrogen-bond acceptors (Lipinski definition) is 1. The highest BCUT2D eigenvalue weighted by molar-refractivity contribution is 6.76. The van der Waals surface area contributed by atoms with Crippen molar-refractivity contribution in [2.75, 3.05) is 6.61 Å². The zero-order valence-corrected chi connectivity index (χ0v) is 13.7. The minimum absolute atomic E-state index is 0.780. The maximum absolute atomic E-state index is 5.82. The van der Waals surface area contributed by atoms with Crippen LogP contribution < -0.4 is 0 Å². The maximum atomic E-state index is 5.82. The zero-order valence-electron chi connectivity index (χ0n) is 11.7. The molecule has 0 rings (SSSR count). The van der Waals surface area contributed by atoms with Crippen molar-refractivity contribution in [3.63, 3.8) is 0 Å². The maximum Gasteiger partial charge on any atom is 0.183 e. The van der Waals surface area contributed by atoms with Crippen LogP contribution in [0.3, 0.4) is 0 Å². The fraction of sp³-hybridized carbons (Fsp3) is 1.00. The van der Waals surface area contributed by atoms with Crippen LogP contribution in [0.2, 0.25) is 45.3 Å². The van der Waals surface area contributed by atoms with Gasteiger partial charge >= 0.3 is 0 Å². The minimum Gasteiger partial charge on any atom is -0.418 e. The van der Waals surface area contributed by atoms with Crippen molar-refractivity contribution >= 4 is 16.4 Å². The lowest BCUT2D eigenvalue weighted by Gasteiger charge is -2.17. The molecule has 0 atom stereocenters. The van der Waals surface area contributed by atoms with Gasteiger partial charge in [0.15, 0.2) is 8.32 Å². The molecule has 0 fully saturated rings. The van der Waals surface area contributed by atoms with E-state index in [1.165, 1.54) is 31.7 Å². The lowest BCUT2D eigenvalue weighted by atomic mass is 10.2. The predicted octanol–water partition coefficient (Wildman–Crippen LogP) is 4.74. The summed E-state index contributed by atoms with van der Waals surface area (Å²) < 4.78 is 5.82. The molecule has 0 aliphatic heterocycles. The van der Waals surface area contributed by atoms with Gasteiger partial charge in [-0.05, 0) is 26.1 Å². The summed E-state index contributed by atoms with van der Waals surface area (Å²) in [5, 5.41) is 0. The Hall–Kier alpha value is 0.394. The lowest BCUT2D eigenvalue weighted by Crippen LogP contribution is -2.25. The van der Waals surface area contributed by atoms with E-state index in [9.17, 15) is 0 Å². The van der Waals surface area contributed by atoms with Crippen LogP contribution in [0.15, 0.2) is 0 Å². The largest absolute Gasteiger partial charge is 0.418 e. The summed E-state index contributed by atoms with van der Waals surface area (Å²) in [5.74, 6) is 0. The fourth-order valence-corrected chi connectivity index (χ4v) is 3.56. The van der Waals surface area contributed by atoms with E-state index in [4.69, 9.17) is 4.43 Å². The lowest BCUT2D eigenvalue weighted by molar-refractivity contribution is 0.299. The molecule has 0 heterocycles. The molecular formula is C12H30OSi2. The molecule has 0 spiro atoms. The van der Waals surface area contributed by atoms with Crippen molar-refractivity contribution in [3.05, 3.63) is 0 Å². The van der Waals surface area contributed by atoms with E-state index in [1.807, 2.05) is 0 Å². The van der Waals surface area contributed by atoms with Gasteiger partial charge in [-0.2, -0.15) is 0 Å². The van der Waals surface area contributed by atoms with E-state index in [0.717, 1.165) is 6.61 Å². The number of hydrogen-bond donors (Lipinski definition) is 0. The van der Waals surface area contributed by atoms with Crippen LogP contribution in [0.25, 0.3) is 0 Å². The second kappa shape index (κ2) is 6.87. The van der Waals surface area contributed by atoms with Gasteiger partial charge < -0.3 is 4.43 Å². The van der Waals surface area contributed by atoms with Gasteiger partial charge in [0.05, 0.1) is 0 Å². The van der Waals surface area contributed by atoms with Gasteiger partial charge in [-0.3, -0.25) is 0 Å². The van der Waals surface area contributed by atoms with Crippen LogP contribution in [0.1, 0.15) is 25.7 Å². The molecule has 0 aromatic heterocycles. The van der Waals surface area contributed by atoms with Crippen LogP contribution in [0, 0.1) is 0 Å². The second-order valence-corrected chi connectivity index (χ2v) is 16.8. The predicted molar refractivity (Wildman–Crippen MR) is 75.9 cm³/mol. The summed E-state index contributed by atoms with van der Waals surface area (Å²) in [6.07, 6.45) is 5.45. The Bertz CT molecular complexity index is 138. The number of unbranched alkanes of at least 4 members (excludes halogenated alkanes) is 3. The molecule has 0 aromatic carbocycles. The Kier molecular flexibility index (Phi) is 7.05. The minimum atomic E-state index is -1.25. The fourth-order valence-electron chi connectivity index (χ4n) is 1.49. The zero-order chi connectivity index (χ0) is 11.9. The van der Waals surface area contributed by atoms with E-state index in [1.54, 1.807) is 0 Å². The molecule has 3 heteroatoms. The van der Waals surface area contributed by atoms with Crippen molar-refractivity contribution in [1.82, 2.24) is 0 Å². The van der Waals surface area contributed by atoms with Gasteiger partial charge in [-0.15, -0.1) is 0 Å². The Morgan fingerprint density at radius 2 is 1.27 bits per heavy atom. The molecule has 15 heavy (non-hydrogen) atoms. The van der Waals surface area contributed by atoms with Gasteiger partial charge in [-0.25, -0.2) is 0 Å². The SMILES string of the molecule is C[Si](C)(C)CCCCCCO[Si](C)(C)C. The highest BCUT2D eigenvalue weighted by Gasteiger charge is 2.13. The standard InChI is InChI=1S/C12H30OSi2/c1-14(2,3)12-10-8-7-9-11-13-15(4,5)6/h7-12H2,1-6H3. The summed E-state index contributed by atoms with van der Waals surface area (Å²) in [7, 11) is -2.03. The average Bonchev–Trinajstić information content (AvgIpc) is 1.98. The van der Waals surface area contributed by atoms with Crippen molar-refractivity contribution in [1.29, 1.82) is 0 Å². The summed E-state index contributed by atoms with van der Waals surface area (Å²) >= 11 is 0. The Morgan fingerprint density at radius 1 is 0.733 bits per heavy atom. The third-order valence-corrected chi connectivity index (χ3v) is 5.28. The molecule has 92 valence electrons. The van der Waals surface area contributed by atoms with E-state index < -0.39 is 16.4 Å². The molecule has 0 aliphatic rings. The molecule has 0 aromatic rings. The molecule has 0 unspecified atom stereocenters. The van der Waals surface area contributed by atoms with Crippen LogP contribution in [-0.2, 0) is 4.43 Å². The topological polar surface area (TPSA) is 9.23 Å². The van der Waals surface area contributed by atoms with Crippen LogP contribution in [0.5, 0.6) is 0 Å². The molecule has 0 saturated heterocycles. The molecule has 0 amide bonds. The molecule has 0 saturated carbocycles. The highest BCUT2D eigenvalue weighted by atomic mass is 28.4. The van der Waals surface area contributed by atoms with Gasteiger partial charge in [0.1, 0.15) is 0 Å². The Labute approximate surface area is 98.8 Å². The summed E-state index contributed by atoms with van der Waals surface area (Å²) in [5.41, 5.74) is 0. The van der Waals surface area contributed by atoms with Gasteiger partial charge in [0.25, 0.3) is 0 Å². The second-order valence-electron chi connectivity index (χ2n) is 6.69. The quantitative estimate of drug-likeness (QED) is 0.444. The molecular weight excluding hydrogens is 216 g/mol. The molecule has 1 nitrogen and oxygen atoms in total. The first-order valence-corrected chi connectivity index (χ1v) is 13.5. The van der Waals surface area contributed by atoms with Crippen LogP contribution in [-0.4, -0.2) is 23.0 Å². The normalized spacial score (nSPS) is 13.2. The van der Waals surface area contributed by atoms with Crippen molar-refractivity contribution in [2.45, 2.75) is 71.0 Å². The van der Waals surface area contributed by atoms with Crippen molar-refractivity contribution in [2.24, 2.45) is 0 Å². The van der Waals surface area contributed by atoms with Crippen LogP contribution >= 0.6 is 0 Å². The molecule has 0 aliphatic carbocycles. The summed E-state index contributed by atoms with van der Waals surface area (Å²) in [4.78, 5) is 0. The average molecular weight is 247 g/mol. The summed E-state index contributed by atoms with van der Waals surface area (Å²) in [6.45, 7) is 15.2. The highest BCUT2D eigenvalue weighted by Crippen LogP contribution is 2.14. The first-order chi connectivity index (χ1) is 6.71. The van der Waals surface area contributed by atoms with E-state index in [-0.39, 0.29) is 0 Å². The van der Waals surface area contributed by atoms with Crippen LogP contribution in [0.4, 0.5) is 0 Å². The number of rotatable bonds is 8. The van der Waals surface area contributed by atoms with Gasteiger partial charge in [0, 0.05) is 14.7 Å². The third kappa shape index (κ3) is 14.4. The Balaban J connectivity index is 3.20. The van der Waals surface area contributed by atoms with Gasteiger partial charge in [0.2, 0.25) is 0 Å². The van der Waals surface area contributed by atoms with E-state index >= 15 is 0 Å². The van der Waals surface area contributed by atoms with E-state index in [0.29, 0.717) is 0 Å². The van der Waals surface area contributed by atoms with Crippen molar-refractivity contribution < 1.29 is 4.43 Å². The Morgan fingerprint density at radius 3 is 1.73 bits per heavy atom. The molecule has 0 radical (unpaired) electrons.